The van der Waals surface area contributed by atoms with E-state index in [1.54, 1.807) is 6.92 Å². The smallest absolute Gasteiger partial charge is 0.306 e. The number of hydrogen-bond acceptors (Lipinski definition) is 5. The van der Waals surface area contributed by atoms with Gasteiger partial charge in [0.1, 0.15) is 0 Å². The number of rotatable bonds is 3. The van der Waals surface area contributed by atoms with Gasteiger partial charge in [-0.05, 0) is 45.0 Å². The summed E-state index contributed by atoms with van der Waals surface area (Å²) in [5.74, 6) is -1.82. The monoisotopic (exact) mass is 301 g/mol. The van der Waals surface area contributed by atoms with Crippen molar-refractivity contribution in [2.45, 2.75) is 42.4 Å². The third-order valence-electron chi connectivity index (χ3n) is 2.80. The third kappa shape index (κ3) is 3.23. The van der Waals surface area contributed by atoms with Crippen LogP contribution < -0.4 is 0 Å². The summed E-state index contributed by atoms with van der Waals surface area (Å²) in [5.41, 5.74) is 0. The zero-order valence-corrected chi connectivity index (χ0v) is 12.5. The maximum absolute atomic E-state index is 9.62. The van der Waals surface area contributed by atoms with Crippen LogP contribution in [0.15, 0.2) is 34.2 Å². The minimum atomic E-state index is -2.15. The van der Waals surface area contributed by atoms with Gasteiger partial charge in [0.25, 0.3) is 0 Å². The Morgan fingerprint density at radius 1 is 1.32 bits per heavy atom. The molecule has 0 amide bonds. The number of thioether (sulfide) groups is 1. The lowest BCUT2D eigenvalue weighted by Crippen LogP contribution is -2.35. The van der Waals surface area contributed by atoms with E-state index in [0.29, 0.717) is 10.9 Å². The topological polar surface area (TPSA) is 62.0 Å². The molecule has 0 aliphatic carbocycles. The number of halogens is 1. The molecule has 1 unspecified atom stereocenters. The maximum Gasteiger partial charge on any atom is 0.306 e. The molecule has 2 rings (SSSR count). The number of nitrogens with zero attached hydrogens (tertiary/aromatic N) is 1. The summed E-state index contributed by atoms with van der Waals surface area (Å²) in [4.78, 5) is 4.85. The molecule has 1 aromatic carbocycles. The van der Waals surface area contributed by atoms with E-state index in [0.717, 1.165) is 4.90 Å². The van der Waals surface area contributed by atoms with E-state index in [1.807, 2.05) is 38.1 Å². The van der Waals surface area contributed by atoms with Crippen molar-refractivity contribution >= 4 is 29.3 Å². The second-order valence-corrected chi connectivity index (χ2v) is 7.06. The second-order valence-electron chi connectivity index (χ2n) is 4.93. The van der Waals surface area contributed by atoms with Gasteiger partial charge in [-0.2, -0.15) is 4.99 Å². The third-order valence-corrected chi connectivity index (χ3v) is 4.25. The van der Waals surface area contributed by atoms with Crippen LogP contribution in [-0.4, -0.2) is 32.9 Å². The van der Waals surface area contributed by atoms with E-state index >= 15 is 0 Å². The highest BCUT2D eigenvalue weighted by atomic mass is 35.5. The Bertz CT molecular complexity index is 499. The van der Waals surface area contributed by atoms with Crippen molar-refractivity contribution in [2.24, 2.45) is 4.99 Å². The number of hydrogen-bond donors (Lipinski definition) is 2. The zero-order valence-electron chi connectivity index (χ0n) is 10.9. The van der Waals surface area contributed by atoms with Gasteiger partial charge in [-0.15, -0.1) is 11.8 Å². The summed E-state index contributed by atoms with van der Waals surface area (Å²) < 4.78 is 4.94. The van der Waals surface area contributed by atoms with E-state index in [9.17, 15) is 10.2 Å². The maximum atomic E-state index is 9.62. The van der Waals surface area contributed by atoms with Crippen molar-refractivity contribution in [3.8, 4) is 0 Å². The lowest BCUT2D eigenvalue weighted by molar-refractivity contribution is -0.191. The fourth-order valence-corrected chi connectivity index (χ4v) is 2.80. The summed E-state index contributed by atoms with van der Waals surface area (Å²) in [6, 6.07) is 7.42. The van der Waals surface area contributed by atoms with Gasteiger partial charge in [0.15, 0.2) is 6.10 Å². The van der Waals surface area contributed by atoms with Crippen LogP contribution in [0.2, 0.25) is 5.02 Å². The van der Waals surface area contributed by atoms with Crippen LogP contribution in [0.5, 0.6) is 0 Å². The molecule has 1 atom stereocenters. The Hall–Kier alpha value is -0.750. The zero-order chi connectivity index (χ0) is 14.3. The van der Waals surface area contributed by atoms with Gasteiger partial charge in [-0.3, -0.25) is 0 Å². The number of ether oxygens (including phenoxy) is 1. The molecule has 0 spiro atoms. The van der Waals surface area contributed by atoms with Gasteiger partial charge in [0.2, 0.25) is 5.90 Å². The van der Waals surface area contributed by atoms with E-state index in [2.05, 4.69) is 4.99 Å². The van der Waals surface area contributed by atoms with Crippen LogP contribution in [0.25, 0.3) is 0 Å². The molecule has 1 aromatic rings. The Labute approximate surface area is 121 Å². The number of aliphatic hydroxyl groups is 2. The second kappa shape index (κ2) is 4.98. The summed E-state index contributed by atoms with van der Waals surface area (Å²) in [7, 11) is 0. The first-order valence-corrected chi connectivity index (χ1v) is 7.06. The first kappa shape index (κ1) is 14.7. The Balaban J connectivity index is 2.17. The first-order valence-electron chi connectivity index (χ1n) is 5.87. The molecule has 2 N–H and O–H groups in total. The normalized spacial score (nSPS) is 22.0. The molecule has 0 saturated heterocycles. The van der Waals surface area contributed by atoms with E-state index < -0.39 is 16.8 Å². The SMILES string of the molecule is CC1OC(C(C)(C)Sc2ccc(Cl)cc2)=NC1(O)O. The lowest BCUT2D eigenvalue weighted by atomic mass is 10.2. The van der Waals surface area contributed by atoms with Crippen LogP contribution in [0.4, 0.5) is 0 Å². The molecule has 1 aliphatic heterocycles. The Morgan fingerprint density at radius 3 is 2.37 bits per heavy atom. The van der Waals surface area contributed by atoms with E-state index in [1.165, 1.54) is 11.8 Å². The van der Waals surface area contributed by atoms with E-state index in [-0.39, 0.29) is 0 Å². The number of benzene rings is 1. The summed E-state index contributed by atoms with van der Waals surface area (Å²) in [5, 5.41) is 19.9. The van der Waals surface area contributed by atoms with E-state index in [4.69, 9.17) is 16.3 Å². The highest BCUT2D eigenvalue weighted by molar-refractivity contribution is 8.01. The molecule has 0 fully saturated rings. The Kier molecular flexibility index (Phi) is 3.84. The molecule has 1 heterocycles. The summed E-state index contributed by atoms with van der Waals surface area (Å²) in [6.45, 7) is 5.40. The highest BCUT2D eigenvalue weighted by Gasteiger charge is 2.45. The van der Waals surface area contributed by atoms with Gasteiger partial charge in [-0.1, -0.05) is 11.6 Å². The first-order chi connectivity index (χ1) is 8.71. The van der Waals surface area contributed by atoms with Gasteiger partial charge >= 0.3 is 5.91 Å². The van der Waals surface area contributed by atoms with Crippen LogP contribution in [0.1, 0.15) is 20.8 Å². The van der Waals surface area contributed by atoms with Crippen molar-refractivity contribution in [3.05, 3.63) is 29.3 Å². The molecule has 6 heteroatoms. The van der Waals surface area contributed by atoms with Gasteiger partial charge in [-0.25, -0.2) is 0 Å². The van der Waals surface area contributed by atoms with Crippen LogP contribution in [-0.2, 0) is 4.74 Å². The minimum absolute atomic E-state index is 0.324. The van der Waals surface area contributed by atoms with Crippen molar-refractivity contribution in [1.82, 2.24) is 0 Å². The molecule has 0 aromatic heterocycles. The van der Waals surface area contributed by atoms with Gasteiger partial charge in [0, 0.05) is 9.92 Å². The summed E-state index contributed by atoms with van der Waals surface area (Å²) in [6.07, 6.45) is -0.771. The highest BCUT2D eigenvalue weighted by Crippen LogP contribution is 2.38. The molecule has 104 valence electrons. The number of aliphatic imine (C=N–C) groups is 1. The molecule has 19 heavy (non-hydrogen) atoms. The van der Waals surface area contributed by atoms with Gasteiger partial charge in [0.05, 0.1) is 4.75 Å². The van der Waals surface area contributed by atoms with Crippen LogP contribution in [0.3, 0.4) is 0 Å². The van der Waals surface area contributed by atoms with Crippen molar-refractivity contribution in [3.63, 3.8) is 0 Å². The van der Waals surface area contributed by atoms with Crippen LogP contribution >= 0.6 is 23.4 Å². The minimum Gasteiger partial charge on any atom is -0.469 e. The predicted octanol–water partition coefficient (Wildman–Crippen LogP) is 2.67. The quantitative estimate of drug-likeness (QED) is 0.665. The molecular formula is C13H16ClNO3S. The fraction of sp³-hybridized carbons (Fsp3) is 0.462. The fourth-order valence-electron chi connectivity index (χ4n) is 1.63. The molecule has 4 nitrogen and oxygen atoms in total. The summed E-state index contributed by atoms with van der Waals surface area (Å²) >= 11 is 7.36. The van der Waals surface area contributed by atoms with Crippen LogP contribution in [0, 0.1) is 0 Å². The molecule has 0 bridgehead atoms. The molecule has 0 radical (unpaired) electrons. The molecule has 0 saturated carbocycles. The Morgan fingerprint density at radius 2 is 1.89 bits per heavy atom. The average molecular weight is 302 g/mol. The molecular weight excluding hydrogens is 286 g/mol. The van der Waals surface area contributed by atoms with Crippen molar-refractivity contribution < 1.29 is 14.9 Å². The largest absolute Gasteiger partial charge is 0.469 e. The predicted molar refractivity (Wildman–Crippen MR) is 76.5 cm³/mol. The standard InChI is InChI=1S/C13H16ClNO3S/c1-8-13(16,17)15-11(18-8)12(2,3)19-10-6-4-9(14)5-7-10/h4-8,16-17H,1-3H3. The average Bonchev–Trinajstić information content (AvgIpc) is 2.57. The molecule has 1 aliphatic rings. The van der Waals surface area contributed by atoms with Crippen molar-refractivity contribution in [1.29, 1.82) is 0 Å². The van der Waals surface area contributed by atoms with Gasteiger partial charge < -0.3 is 14.9 Å². The lowest BCUT2D eigenvalue weighted by Gasteiger charge is -2.23. The van der Waals surface area contributed by atoms with Crippen molar-refractivity contribution in [2.75, 3.05) is 0 Å².